The molecule has 3 rings (SSSR count). The van der Waals surface area contributed by atoms with Crippen LogP contribution in [0.2, 0.25) is 0 Å². The third-order valence-corrected chi connectivity index (χ3v) is 5.61. The van der Waals surface area contributed by atoms with E-state index < -0.39 is 11.4 Å². The van der Waals surface area contributed by atoms with Crippen LogP contribution >= 0.6 is 0 Å². The van der Waals surface area contributed by atoms with Crippen molar-refractivity contribution in [3.63, 3.8) is 0 Å². The molecule has 1 fully saturated rings. The smallest absolute Gasteiger partial charge is 0.324 e. The van der Waals surface area contributed by atoms with Crippen LogP contribution in [-0.2, 0) is 11.2 Å². The van der Waals surface area contributed by atoms with E-state index in [1.807, 2.05) is 28.0 Å². The maximum atomic E-state index is 13.0. The van der Waals surface area contributed by atoms with Gasteiger partial charge in [0, 0.05) is 25.3 Å². The number of para-hydroxylation sites is 1. The first-order valence-corrected chi connectivity index (χ1v) is 9.06. The molecule has 0 aliphatic carbocycles. The predicted molar refractivity (Wildman–Crippen MR) is 97.8 cm³/mol. The first kappa shape index (κ1) is 17.5. The zero-order valence-electron chi connectivity index (χ0n) is 14.6. The Balaban J connectivity index is 1.70. The van der Waals surface area contributed by atoms with Crippen LogP contribution in [0, 0.1) is 5.41 Å². The first-order valence-electron chi connectivity index (χ1n) is 9.06. The Labute approximate surface area is 148 Å². The van der Waals surface area contributed by atoms with Crippen molar-refractivity contribution in [1.29, 1.82) is 0 Å². The highest BCUT2D eigenvalue weighted by molar-refractivity contribution is 5.93. The number of amides is 2. The van der Waals surface area contributed by atoms with Crippen molar-refractivity contribution in [1.82, 2.24) is 4.90 Å². The molecule has 25 heavy (non-hydrogen) atoms. The van der Waals surface area contributed by atoms with E-state index in [1.54, 1.807) is 6.08 Å². The molecule has 0 radical (unpaired) electrons. The molecule has 2 amide bonds. The number of carboxylic acid groups (broad SMARTS) is 1. The van der Waals surface area contributed by atoms with Crippen LogP contribution in [0.5, 0.6) is 0 Å². The van der Waals surface area contributed by atoms with Gasteiger partial charge >= 0.3 is 12.0 Å². The summed E-state index contributed by atoms with van der Waals surface area (Å²) in [6.07, 6.45) is 6.06. The van der Waals surface area contributed by atoms with Crippen LogP contribution in [0.25, 0.3) is 0 Å². The standard InChI is InChI=1S/C20H26N2O3/c1-2-3-10-20(18(23)24)11-14-21(15-12-20)19(25)22-13-6-8-16-7-4-5-9-17(16)22/h2,4-5,7,9H,1,3,6,8,10-15H2,(H,23,24). The summed E-state index contributed by atoms with van der Waals surface area (Å²) in [6, 6.07) is 8.06. The van der Waals surface area contributed by atoms with E-state index in [1.165, 1.54) is 5.56 Å². The second-order valence-corrected chi connectivity index (χ2v) is 7.07. The van der Waals surface area contributed by atoms with Crippen LogP contribution < -0.4 is 4.90 Å². The lowest BCUT2D eigenvalue weighted by Crippen LogP contribution is -2.51. The lowest BCUT2D eigenvalue weighted by Gasteiger charge is -2.41. The fourth-order valence-electron chi connectivity index (χ4n) is 3.98. The molecule has 0 saturated carbocycles. The summed E-state index contributed by atoms with van der Waals surface area (Å²) < 4.78 is 0. The molecule has 0 atom stereocenters. The van der Waals surface area contributed by atoms with Crippen LogP contribution in [0.15, 0.2) is 36.9 Å². The average molecular weight is 342 g/mol. The monoisotopic (exact) mass is 342 g/mol. The maximum absolute atomic E-state index is 13.0. The molecule has 1 aromatic rings. The van der Waals surface area contributed by atoms with Gasteiger partial charge in [0.05, 0.1) is 5.41 Å². The summed E-state index contributed by atoms with van der Waals surface area (Å²) in [6.45, 7) is 5.43. The number of piperidine rings is 1. The Bertz CT molecular complexity index is 663. The topological polar surface area (TPSA) is 60.9 Å². The zero-order valence-corrected chi connectivity index (χ0v) is 14.6. The summed E-state index contributed by atoms with van der Waals surface area (Å²) in [5.41, 5.74) is 1.50. The Hall–Kier alpha value is -2.30. The van der Waals surface area contributed by atoms with Gasteiger partial charge in [-0.3, -0.25) is 9.69 Å². The Morgan fingerprint density at radius 1 is 1.20 bits per heavy atom. The second kappa shape index (κ2) is 7.30. The minimum absolute atomic E-state index is 0.00913. The predicted octanol–water partition coefficient (Wildman–Crippen LogP) is 3.69. The molecule has 2 heterocycles. The highest BCUT2D eigenvalue weighted by atomic mass is 16.4. The third kappa shape index (κ3) is 3.41. The number of nitrogens with zero attached hydrogens (tertiary/aromatic N) is 2. The molecule has 0 aromatic heterocycles. The number of carbonyl (C=O) groups excluding carboxylic acids is 1. The number of carbonyl (C=O) groups is 2. The fourth-order valence-corrected chi connectivity index (χ4v) is 3.98. The number of carboxylic acids is 1. The number of anilines is 1. The molecular formula is C20H26N2O3. The van der Waals surface area contributed by atoms with Gasteiger partial charge in [-0.2, -0.15) is 0 Å². The highest BCUT2D eigenvalue weighted by Gasteiger charge is 2.42. The van der Waals surface area contributed by atoms with E-state index in [-0.39, 0.29) is 6.03 Å². The van der Waals surface area contributed by atoms with E-state index in [9.17, 15) is 14.7 Å². The average Bonchev–Trinajstić information content (AvgIpc) is 2.65. The molecular weight excluding hydrogens is 316 g/mol. The van der Waals surface area contributed by atoms with E-state index in [0.717, 1.165) is 25.1 Å². The van der Waals surface area contributed by atoms with E-state index in [0.29, 0.717) is 38.8 Å². The van der Waals surface area contributed by atoms with Gasteiger partial charge in [0.2, 0.25) is 0 Å². The summed E-state index contributed by atoms with van der Waals surface area (Å²) in [4.78, 5) is 28.4. The summed E-state index contributed by atoms with van der Waals surface area (Å²) in [5.74, 6) is -0.746. The molecule has 2 aliphatic rings. The highest BCUT2D eigenvalue weighted by Crippen LogP contribution is 2.37. The Kier molecular flexibility index (Phi) is 5.11. The van der Waals surface area contributed by atoms with Gasteiger partial charge < -0.3 is 10.0 Å². The lowest BCUT2D eigenvalue weighted by atomic mass is 9.75. The number of likely N-dealkylation sites (tertiary alicyclic amines) is 1. The molecule has 0 spiro atoms. The van der Waals surface area contributed by atoms with Gasteiger partial charge in [0.15, 0.2) is 0 Å². The SMILES string of the molecule is C=CCCC1(C(=O)O)CCN(C(=O)N2CCCc3ccccc32)CC1. The van der Waals surface area contributed by atoms with Crippen molar-refractivity contribution in [2.45, 2.75) is 38.5 Å². The number of fused-ring (bicyclic) bond motifs is 1. The Morgan fingerprint density at radius 2 is 1.92 bits per heavy atom. The van der Waals surface area contributed by atoms with Crippen LogP contribution in [-0.4, -0.2) is 41.6 Å². The number of benzene rings is 1. The molecule has 0 unspecified atom stereocenters. The number of aryl methyl sites for hydroxylation is 1. The quantitative estimate of drug-likeness (QED) is 0.849. The van der Waals surface area contributed by atoms with Gasteiger partial charge in [0.1, 0.15) is 0 Å². The molecule has 2 aliphatic heterocycles. The minimum atomic E-state index is -0.746. The summed E-state index contributed by atoms with van der Waals surface area (Å²) in [7, 11) is 0. The lowest BCUT2D eigenvalue weighted by molar-refractivity contribution is -0.152. The van der Waals surface area contributed by atoms with Crippen molar-refractivity contribution in [2.75, 3.05) is 24.5 Å². The maximum Gasteiger partial charge on any atom is 0.324 e. The molecule has 1 aromatic carbocycles. The number of rotatable bonds is 4. The van der Waals surface area contributed by atoms with Crippen molar-refractivity contribution >= 4 is 17.7 Å². The van der Waals surface area contributed by atoms with Crippen molar-refractivity contribution in [2.24, 2.45) is 5.41 Å². The molecule has 1 saturated heterocycles. The molecule has 5 nitrogen and oxygen atoms in total. The van der Waals surface area contributed by atoms with Crippen molar-refractivity contribution in [3.05, 3.63) is 42.5 Å². The zero-order chi connectivity index (χ0) is 17.9. The van der Waals surface area contributed by atoms with Gasteiger partial charge in [-0.15, -0.1) is 6.58 Å². The number of allylic oxidation sites excluding steroid dienone is 1. The van der Waals surface area contributed by atoms with Gasteiger partial charge in [-0.05, 0) is 50.2 Å². The van der Waals surface area contributed by atoms with Crippen LogP contribution in [0.1, 0.15) is 37.7 Å². The molecule has 5 heteroatoms. The normalized spacial score (nSPS) is 19.2. The first-order chi connectivity index (χ1) is 12.1. The fraction of sp³-hybridized carbons (Fsp3) is 0.500. The van der Waals surface area contributed by atoms with Crippen molar-refractivity contribution < 1.29 is 14.7 Å². The second-order valence-electron chi connectivity index (χ2n) is 7.07. The number of hydrogen-bond donors (Lipinski definition) is 1. The van der Waals surface area contributed by atoms with Crippen LogP contribution in [0.4, 0.5) is 10.5 Å². The number of aliphatic carboxylic acids is 1. The molecule has 134 valence electrons. The van der Waals surface area contributed by atoms with Gasteiger partial charge in [-0.1, -0.05) is 24.3 Å². The van der Waals surface area contributed by atoms with E-state index in [4.69, 9.17) is 0 Å². The van der Waals surface area contributed by atoms with E-state index >= 15 is 0 Å². The largest absolute Gasteiger partial charge is 0.481 e. The number of urea groups is 1. The number of hydrogen-bond acceptors (Lipinski definition) is 2. The van der Waals surface area contributed by atoms with Gasteiger partial charge in [-0.25, -0.2) is 4.79 Å². The summed E-state index contributed by atoms with van der Waals surface area (Å²) in [5, 5.41) is 9.67. The third-order valence-electron chi connectivity index (χ3n) is 5.61. The minimum Gasteiger partial charge on any atom is -0.481 e. The Morgan fingerprint density at radius 3 is 2.60 bits per heavy atom. The van der Waals surface area contributed by atoms with Crippen molar-refractivity contribution in [3.8, 4) is 0 Å². The van der Waals surface area contributed by atoms with Gasteiger partial charge in [0.25, 0.3) is 0 Å². The molecule has 0 bridgehead atoms. The van der Waals surface area contributed by atoms with E-state index in [2.05, 4.69) is 12.6 Å². The summed E-state index contributed by atoms with van der Waals surface area (Å²) >= 11 is 0. The molecule has 1 N–H and O–H groups in total. The van der Waals surface area contributed by atoms with Crippen LogP contribution in [0.3, 0.4) is 0 Å².